The molecule has 0 amide bonds. The van der Waals surface area contributed by atoms with Crippen LogP contribution in [-0.4, -0.2) is 33.3 Å². The average molecular weight is 321 g/mol. The number of hydroxylamine groups is 2. The van der Waals surface area contributed by atoms with Crippen molar-refractivity contribution in [1.82, 2.24) is 5.23 Å². The van der Waals surface area contributed by atoms with Gasteiger partial charge in [0.05, 0.1) is 19.8 Å². The summed E-state index contributed by atoms with van der Waals surface area (Å²) in [6.07, 6.45) is 3.70. The van der Waals surface area contributed by atoms with Crippen LogP contribution in [0.2, 0.25) is 19.6 Å². The topological polar surface area (TPSA) is 30.9 Å². The predicted octanol–water partition coefficient (Wildman–Crippen LogP) is 3.96. The zero-order chi connectivity index (χ0) is 15.7. The van der Waals surface area contributed by atoms with Gasteiger partial charge in [-0.2, -0.15) is 0 Å². The highest BCUT2D eigenvalue weighted by Crippen LogP contribution is 2.43. The molecule has 1 aliphatic heterocycles. The predicted molar refractivity (Wildman–Crippen MR) is 89.1 cm³/mol. The maximum atomic E-state index is 6.19. The first-order chi connectivity index (χ1) is 10.5. The molecule has 22 heavy (non-hydrogen) atoms. The minimum Gasteiger partial charge on any atom is -0.497 e. The van der Waals surface area contributed by atoms with Crippen molar-refractivity contribution in [3.8, 4) is 5.75 Å². The third-order valence-corrected chi connectivity index (χ3v) is 5.28. The van der Waals surface area contributed by atoms with E-state index in [1.54, 1.807) is 7.11 Å². The second-order valence-electron chi connectivity index (χ2n) is 7.35. The average Bonchev–Trinajstić information content (AvgIpc) is 2.89. The van der Waals surface area contributed by atoms with Crippen molar-refractivity contribution in [2.45, 2.75) is 50.9 Å². The molecule has 3 unspecified atom stereocenters. The van der Waals surface area contributed by atoms with Gasteiger partial charge in [0.1, 0.15) is 5.75 Å². The second kappa shape index (κ2) is 6.32. The van der Waals surface area contributed by atoms with Crippen LogP contribution in [-0.2, 0) is 9.36 Å². The van der Waals surface area contributed by atoms with Crippen molar-refractivity contribution in [2.24, 2.45) is 5.92 Å². The molecular weight excluding hydrogens is 294 g/mol. The number of rotatable bonds is 4. The number of benzene rings is 1. The number of nitrogens with zero attached hydrogens (tertiary/aromatic N) is 1. The summed E-state index contributed by atoms with van der Waals surface area (Å²) in [5.41, 5.74) is 1.37. The first kappa shape index (κ1) is 16.0. The molecule has 1 aromatic carbocycles. The molecule has 0 N–H and O–H groups in total. The molecule has 1 aliphatic carbocycles. The number of hydrogen-bond acceptors (Lipinski definition) is 4. The molecule has 3 rings (SSSR count). The molecule has 1 heterocycles. The molecule has 2 aliphatic rings. The highest BCUT2D eigenvalue weighted by molar-refractivity contribution is 6.69. The summed E-state index contributed by atoms with van der Waals surface area (Å²) in [5, 5.41) is 1.85. The third kappa shape index (κ3) is 3.38. The van der Waals surface area contributed by atoms with Crippen LogP contribution in [0.3, 0.4) is 0 Å². The van der Waals surface area contributed by atoms with E-state index in [4.69, 9.17) is 14.1 Å². The van der Waals surface area contributed by atoms with Crippen LogP contribution in [0.5, 0.6) is 5.75 Å². The normalized spacial score (nSPS) is 29.4. The lowest BCUT2D eigenvalue weighted by Crippen LogP contribution is -2.45. The Morgan fingerprint density at radius 3 is 2.50 bits per heavy atom. The van der Waals surface area contributed by atoms with Crippen molar-refractivity contribution in [1.29, 1.82) is 0 Å². The van der Waals surface area contributed by atoms with Crippen molar-refractivity contribution < 1.29 is 14.1 Å². The van der Waals surface area contributed by atoms with Crippen LogP contribution in [0.25, 0.3) is 0 Å². The van der Waals surface area contributed by atoms with E-state index in [-0.39, 0.29) is 0 Å². The standard InChI is InChI=1S/C17H27NO3Si/c1-19-15-10-8-13(9-11-15)16-7-5-6-14-12-20-18(17(14)16)21-22(2,3)4/h8-11,14,16-17H,5-7,12H2,1-4H3. The fourth-order valence-corrected chi connectivity index (χ4v) is 4.31. The smallest absolute Gasteiger partial charge is 0.215 e. The minimum absolute atomic E-state index is 0.342. The van der Waals surface area contributed by atoms with Crippen LogP contribution in [0.1, 0.15) is 30.7 Å². The van der Waals surface area contributed by atoms with E-state index in [0.29, 0.717) is 17.9 Å². The van der Waals surface area contributed by atoms with Crippen molar-refractivity contribution in [3.63, 3.8) is 0 Å². The lowest BCUT2D eigenvalue weighted by molar-refractivity contribution is -0.314. The third-order valence-electron chi connectivity index (χ3n) is 4.55. The molecule has 2 fully saturated rings. The van der Waals surface area contributed by atoms with Crippen LogP contribution in [0, 0.1) is 5.92 Å². The van der Waals surface area contributed by atoms with Gasteiger partial charge in [-0.15, -0.1) is 0 Å². The first-order valence-corrected chi connectivity index (χ1v) is 11.6. The Balaban J connectivity index is 1.82. The summed E-state index contributed by atoms with van der Waals surface area (Å²) in [6.45, 7) is 7.40. The van der Waals surface area contributed by atoms with E-state index in [0.717, 1.165) is 12.4 Å². The van der Waals surface area contributed by atoms with E-state index in [1.807, 2.05) is 5.23 Å². The van der Waals surface area contributed by atoms with Crippen molar-refractivity contribution in [3.05, 3.63) is 29.8 Å². The van der Waals surface area contributed by atoms with Crippen molar-refractivity contribution in [2.75, 3.05) is 13.7 Å². The zero-order valence-electron chi connectivity index (χ0n) is 14.0. The van der Waals surface area contributed by atoms with Gasteiger partial charge in [0.25, 0.3) is 0 Å². The first-order valence-electron chi connectivity index (χ1n) is 8.23. The number of methoxy groups -OCH3 is 1. The lowest BCUT2D eigenvalue weighted by atomic mass is 9.75. The van der Waals surface area contributed by atoms with Crippen LogP contribution < -0.4 is 4.74 Å². The van der Waals surface area contributed by atoms with Crippen LogP contribution in [0.4, 0.5) is 0 Å². The Labute approximate surface area is 134 Å². The maximum Gasteiger partial charge on any atom is 0.215 e. The molecule has 122 valence electrons. The van der Waals surface area contributed by atoms with Gasteiger partial charge >= 0.3 is 0 Å². The number of fused-ring (bicyclic) bond motifs is 1. The fourth-order valence-electron chi connectivity index (χ4n) is 3.60. The number of hydrogen-bond donors (Lipinski definition) is 0. The van der Waals surface area contributed by atoms with Gasteiger partial charge in [0.2, 0.25) is 8.32 Å². The SMILES string of the molecule is COc1ccc(C2CCCC3CON(O[Si](C)(C)C)C32)cc1. The lowest BCUT2D eigenvalue weighted by Gasteiger charge is -2.38. The number of ether oxygens (including phenoxy) is 1. The second-order valence-corrected chi connectivity index (χ2v) is 11.8. The Bertz CT molecular complexity index is 500. The molecule has 1 saturated heterocycles. The quantitative estimate of drug-likeness (QED) is 0.785. The molecule has 0 radical (unpaired) electrons. The molecule has 5 heteroatoms. The van der Waals surface area contributed by atoms with E-state index >= 15 is 0 Å². The van der Waals surface area contributed by atoms with E-state index in [2.05, 4.69) is 43.9 Å². The molecule has 1 saturated carbocycles. The van der Waals surface area contributed by atoms with Gasteiger partial charge in [-0.3, -0.25) is 4.84 Å². The van der Waals surface area contributed by atoms with E-state index < -0.39 is 8.32 Å². The summed E-state index contributed by atoms with van der Waals surface area (Å²) < 4.78 is 11.5. The molecular formula is C17H27NO3Si. The molecule has 1 aromatic rings. The molecule has 0 aromatic heterocycles. The fraction of sp³-hybridized carbons (Fsp3) is 0.647. The van der Waals surface area contributed by atoms with Gasteiger partial charge in [-0.05, 0) is 50.2 Å². The van der Waals surface area contributed by atoms with Gasteiger partial charge in [-0.1, -0.05) is 23.8 Å². The van der Waals surface area contributed by atoms with E-state index in [1.165, 1.54) is 24.8 Å². The molecule has 4 nitrogen and oxygen atoms in total. The van der Waals surface area contributed by atoms with Crippen molar-refractivity contribution >= 4 is 8.32 Å². The summed E-state index contributed by atoms with van der Waals surface area (Å²) in [4.78, 5) is 5.89. The molecule has 3 atom stereocenters. The van der Waals surface area contributed by atoms with Gasteiger partial charge < -0.3 is 9.26 Å². The summed E-state index contributed by atoms with van der Waals surface area (Å²) in [6, 6.07) is 8.83. The van der Waals surface area contributed by atoms with Gasteiger partial charge in [-0.25, -0.2) is 0 Å². The monoisotopic (exact) mass is 321 g/mol. The highest BCUT2D eigenvalue weighted by Gasteiger charge is 2.45. The van der Waals surface area contributed by atoms with Crippen LogP contribution in [0.15, 0.2) is 24.3 Å². The van der Waals surface area contributed by atoms with Crippen LogP contribution >= 0.6 is 0 Å². The molecule has 0 bridgehead atoms. The molecule has 0 spiro atoms. The maximum absolute atomic E-state index is 6.19. The zero-order valence-corrected chi connectivity index (χ0v) is 15.0. The highest BCUT2D eigenvalue weighted by atomic mass is 28.4. The Morgan fingerprint density at radius 2 is 1.86 bits per heavy atom. The van der Waals surface area contributed by atoms with Gasteiger partial charge in [0.15, 0.2) is 0 Å². The Hall–Kier alpha value is -0.883. The summed E-state index contributed by atoms with van der Waals surface area (Å²) >= 11 is 0. The van der Waals surface area contributed by atoms with E-state index in [9.17, 15) is 0 Å². The summed E-state index contributed by atoms with van der Waals surface area (Å²) in [7, 11) is 0.0454. The van der Waals surface area contributed by atoms with Gasteiger partial charge in [0, 0.05) is 11.8 Å². The Kier molecular flexibility index (Phi) is 4.59. The largest absolute Gasteiger partial charge is 0.497 e. The summed E-state index contributed by atoms with van der Waals surface area (Å²) in [5.74, 6) is 1.97. The minimum atomic E-state index is -1.66. The Morgan fingerprint density at radius 1 is 1.14 bits per heavy atom.